The number of aromatic nitrogens is 2. The minimum atomic E-state index is 0.277. The van der Waals surface area contributed by atoms with Gasteiger partial charge in [-0.25, -0.2) is 4.98 Å². The van der Waals surface area contributed by atoms with Gasteiger partial charge in [0.2, 0.25) is 0 Å². The van der Waals surface area contributed by atoms with Gasteiger partial charge in [0.15, 0.2) is 4.34 Å². The average Bonchev–Trinajstić information content (AvgIpc) is 2.95. The fourth-order valence-corrected chi connectivity index (χ4v) is 4.47. The molecule has 1 aromatic carbocycles. The molecule has 1 aromatic heterocycles. The minimum Gasteiger partial charge on any atom is -0.492 e. The van der Waals surface area contributed by atoms with Crippen LogP contribution in [0.4, 0.5) is 0 Å². The lowest BCUT2D eigenvalue weighted by atomic mass is 10.0. The molecule has 4 nitrogen and oxygen atoms in total. The van der Waals surface area contributed by atoms with Gasteiger partial charge in [-0.2, -0.15) is 4.37 Å². The van der Waals surface area contributed by atoms with Gasteiger partial charge in [-0.05, 0) is 24.6 Å². The Morgan fingerprint density at radius 1 is 1.45 bits per heavy atom. The van der Waals surface area contributed by atoms with Gasteiger partial charge in [0, 0.05) is 12.0 Å². The number of nitrogens with zero attached hydrogens (tertiary/aromatic N) is 2. The smallest absolute Gasteiger partial charge is 0.170 e. The van der Waals surface area contributed by atoms with Crippen LogP contribution in [-0.4, -0.2) is 28.3 Å². The molecule has 3 rings (SSSR count). The molecule has 0 fully saturated rings. The van der Waals surface area contributed by atoms with E-state index >= 15 is 0 Å². The Hall–Kier alpha value is -1.11. The SMILES string of the molecule is CCc1nsc(SC2COc3ccccc3C2NC)n1. The summed E-state index contributed by atoms with van der Waals surface area (Å²) in [6, 6.07) is 8.50. The molecule has 1 N–H and O–H groups in total. The van der Waals surface area contributed by atoms with Crippen molar-refractivity contribution in [2.75, 3.05) is 13.7 Å². The lowest BCUT2D eigenvalue weighted by Gasteiger charge is -2.32. The van der Waals surface area contributed by atoms with Crippen LogP contribution >= 0.6 is 23.3 Å². The molecular formula is C14H17N3OS2. The molecule has 0 spiro atoms. The van der Waals surface area contributed by atoms with Crippen LogP contribution in [0.2, 0.25) is 0 Å². The van der Waals surface area contributed by atoms with Crippen molar-refractivity contribution in [3.63, 3.8) is 0 Å². The van der Waals surface area contributed by atoms with Gasteiger partial charge in [-0.15, -0.1) is 0 Å². The maximum absolute atomic E-state index is 5.87. The van der Waals surface area contributed by atoms with Crippen LogP contribution in [0.5, 0.6) is 5.75 Å². The summed E-state index contributed by atoms with van der Waals surface area (Å²) in [5, 5.41) is 3.72. The number of aryl methyl sites for hydroxylation is 1. The Bertz CT molecular complexity index is 587. The highest BCUT2D eigenvalue weighted by Crippen LogP contribution is 2.39. The number of nitrogens with one attached hydrogen (secondary N) is 1. The molecule has 0 amide bonds. The van der Waals surface area contributed by atoms with E-state index in [9.17, 15) is 0 Å². The Balaban J connectivity index is 1.80. The van der Waals surface area contributed by atoms with Crippen molar-refractivity contribution >= 4 is 23.3 Å². The Kier molecular flexibility index (Phi) is 4.24. The summed E-state index contributed by atoms with van der Waals surface area (Å²) < 4.78 is 11.2. The molecule has 2 atom stereocenters. The summed E-state index contributed by atoms with van der Waals surface area (Å²) in [4.78, 5) is 4.53. The van der Waals surface area contributed by atoms with Gasteiger partial charge in [0.05, 0.1) is 11.3 Å². The fourth-order valence-electron chi connectivity index (χ4n) is 2.34. The molecular weight excluding hydrogens is 290 g/mol. The van der Waals surface area contributed by atoms with Crippen molar-refractivity contribution in [1.82, 2.24) is 14.7 Å². The van der Waals surface area contributed by atoms with Gasteiger partial charge in [-0.3, -0.25) is 0 Å². The van der Waals surface area contributed by atoms with E-state index in [1.807, 2.05) is 19.2 Å². The number of para-hydroxylation sites is 1. The van der Waals surface area contributed by atoms with E-state index in [2.05, 4.69) is 33.7 Å². The summed E-state index contributed by atoms with van der Waals surface area (Å²) in [6.45, 7) is 2.76. The van der Waals surface area contributed by atoms with Crippen LogP contribution in [0.1, 0.15) is 24.4 Å². The van der Waals surface area contributed by atoms with Crippen LogP contribution in [0.3, 0.4) is 0 Å². The normalized spacial score (nSPS) is 21.3. The zero-order valence-electron chi connectivity index (χ0n) is 11.5. The quantitative estimate of drug-likeness (QED) is 0.941. The second-order valence-electron chi connectivity index (χ2n) is 4.60. The van der Waals surface area contributed by atoms with Gasteiger partial charge in [0.25, 0.3) is 0 Å². The zero-order chi connectivity index (χ0) is 13.9. The number of hydrogen-bond donors (Lipinski definition) is 1. The number of benzene rings is 1. The topological polar surface area (TPSA) is 47.0 Å². The summed E-state index contributed by atoms with van der Waals surface area (Å²) in [5.74, 6) is 1.91. The van der Waals surface area contributed by atoms with E-state index in [4.69, 9.17) is 4.74 Å². The highest BCUT2D eigenvalue weighted by atomic mass is 32.2. The molecule has 0 saturated heterocycles. The first-order valence-electron chi connectivity index (χ1n) is 6.70. The molecule has 106 valence electrons. The summed E-state index contributed by atoms with van der Waals surface area (Å²) in [5.41, 5.74) is 1.22. The van der Waals surface area contributed by atoms with E-state index in [0.29, 0.717) is 11.9 Å². The largest absolute Gasteiger partial charge is 0.492 e. The summed E-state index contributed by atoms with van der Waals surface area (Å²) in [6.07, 6.45) is 0.885. The fraction of sp³-hybridized carbons (Fsp3) is 0.429. The second-order valence-corrected chi connectivity index (χ2v) is 6.84. The van der Waals surface area contributed by atoms with E-state index in [-0.39, 0.29) is 6.04 Å². The first-order chi connectivity index (χ1) is 9.81. The maximum atomic E-state index is 5.87. The highest BCUT2D eigenvalue weighted by Gasteiger charge is 2.31. The van der Waals surface area contributed by atoms with E-state index in [0.717, 1.165) is 22.3 Å². The number of rotatable bonds is 4. The van der Waals surface area contributed by atoms with E-state index < -0.39 is 0 Å². The number of thioether (sulfide) groups is 1. The zero-order valence-corrected chi connectivity index (χ0v) is 13.1. The summed E-state index contributed by atoms with van der Waals surface area (Å²) in [7, 11) is 2.00. The van der Waals surface area contributed by atoms with E-state index in [1.54, 1.807) is 11.8 Å². The number of fused-ring (bicyclic) bond motifs is 1. The van der Waals surface area contributed by atoms with Crippen LogP contribution in [0.25, 0.3) is 0 Å². The third-order valence-electron chi connectivity index (χ3n) is 3.36. The molecule has 0 aliphatic carbocycles. The minimum absolute atomic E-state index is 0.277. The molecule has 20 heavy (non-hydrogen) atoms. The highest BCUT2D eigenvalue weighted by molar-refractivity contribution is 8.01. The number of hydrogen-bond acceptors (Lipinski definition) is 6. The van der Waals surface area contributed by atoms with E-state index in [1.165, 1.54) is 17.1 Å². The lowest BCUT2D eigenvalue weighted by Crippen LogP contribution is -2.35. The first kappa shape index (κ1) is 13.9. The molecule has 1 aliphatic rings. The van der Waals surface area contributed by atoms with Gasteiger partial charge in [0.1, 0.15) is 18.2 Å². The summed E-state index contributed by atoms with van der Waals surface area (Å²) >= 11 is 3.23. The predicted molar refractivity (Wildman–Crippen MR) is 82.7 cm³/mol. The average molecular weight is 307 g/mol. The van der Waals surface area contributed by atoms with Crippen LogP contribution < -0.4 is 10.1 Å². The maximum Gasteiger partial charge on any atom is 0.170 e. The lowest BCUT2D eigenvalue weighted by molar-refractivity contribution is 0.265. The van der Waals surface area contributed by atoms with Crippen molar-refractivity contribution in [3.8, 4) is 5.75 Å². The third kappa shape index (κ3) is 2.68. The van der Waals surface area contributed by atoms with Gasteiger partial charge < -0.3 is 10.1 Å². The first-order valence-corrected chi connectivity index (χ1v) is 8.35. The molecule has 0 saturated carbocycles. The van der Waals surface area contributed by atoms with Gasteiger partial charge >= 0.3 is 0 Å². The van der Waals surface area contributed by atoms with Crippen LogP contribution in [-0.2, 0) is 6.42 Å². The Labute approximate surface area is 127 Å². The van der Waals surface area contributed by atoms with Crippen molar-refractivity contribution < 1.29 is 4.74 Å². The monoisotopic (exact) mass is 307 g/mol. The van der Waals surface area contributed by atoms with Gasteiger partial charge in [-0.1, -0.05) is 36.9 Å². The molecule has 0 radical (unpaired) electrons. The third-order valence-corrected chi connectivity index (χ3v) is 5.42. The van der Waals surface area contributed by atoms with Crippen molar-refractivity contribution in [3.05, 3.63) is 35.7 Å². The molecule has 2 heterocycles. The predicted octanol–water partition coefficient (Wildman–Crippen LogP) is 2.91. The molecule has 2 unspecified atom stereocenters. The standard InChI is InChI=1S/C14H17N3OS2/c1-3-12-16-14(20-17-12)19-11-8-18-10-7-5-4-6-9(10)13(11)15-2/h4-7,11,13,15H,3,8H2,1-2H3. The van der Waals surface area contributed by atoms with Crippen molar-refractivity contribution in [2.45, 2.75) is 29.0 Å². The molecule has 2 aromatic rings. The Morgan fingerprint density at radius 3 is 3.05 bits per heavy atom. The molecule has 1 aliphatic heterocycles. The molecule has 6 heteroatoms. The second kappa shape index (κ2) is 6.11. The Morgan fingerprint density at radius 2 is 2.30 bits per heavy atom. The van der Waals surface area contributed by atoms with Crippen molar-refractivity contribution in [1.29, 1.82) is 0 Å². The van der Waals surface area contributed by atoms with Crippen molar-refractivity contribution in [2.24, 2.45) is 0 Å². The number of ether oxygens (including phenoxy) is 1. The van der Waals surface area contributed by atoms with Crippen LogP contribution in [0, 0.1) is 0 Å². The molecule has 0 bridgehead atoms. The van der Waals surface area contributed by atoms with Crippen LogP contribution in [0.15, 0.2) is 28.6 Å².